The highest BCUT2D eigenvalue weighted by atomic mass is 79.9. The van der Waals surface area contributed by atoms with Crippen LogP contribution in [0.25, 0.3) is 31.6 Å². The molecular formula is C16H9BrClN3S. The summed E-state index contributed by atoms with van der Waals surface area (Å²) in [6, 6.07) is 10.3. The Bertz CT molecular complexity index is 1010. The predicted octanol–water partition coefficient (Wildman–Crippen LogP) is 5.63. The highest BCUT2D eigenvalue weighted by Crippen LogP contribution is 2.40. The van der Waals surface area contributed by atoms with Crippen molar-refractivity contribution in [2.45, 2.75) is 6.92 Å². The van der Waals surface area contributed by atoms with Gasteiger partial charge in [0.15, 0.2) is 0 Å². The monoisotopic (exact) mass is 389 g/mol. The molecule has 0 bridgehead atoms. The maximum absolute atomic E-state index is 6.21. The zero-order chi connectivity index (χ0) is 15.3. The van der Waals surface area contributed by atoms with Gasteiger partial charge in [-0.3, -0.25) is 0 Å². The Labute approximate surface area is 144 Å². The lowest BCUT2D eigenvalue weighted by Crippen LogP contribution is -1.87. The number of aryl methyl sites for hydroxylation is 1. The molecule has 0 atom stereocenters. The fraction of sp³-hybridized carbons (Fsp3) is 0.0625. The lowest BCUT2D eigenvalue weighted by atomic mass is 10.0. The second-order valence-corrected chi connectivity index (χ2v) is 7.22. The molecule has 4 aromatic rings. The van der Waals surface area contributed by atoms with Crippen molar-refractivity contribution in [2.75, 3.05) is 0 Å². The first kappa shape index (κ1) is 14.1. The third-order valence-electron chi connectivity index (χ3n) is 3.47. The molecule has 0 spiro atoms. The Balaban J connectivity index is 2.15. The molecule has 0 aliphatic rings. The molecule has 0 radical (unpaired) electrons. The molecule has 6 heteroatoms. The third-order valence-corrected chi connectivity index (χ3v) is 5.47. The molecule has 4 rings (SSSR count). The van der Waals surface area contributed by atoms with Crippen molar-refractivity contribution in [2.24, 2.45) is 0 Å². The van der Waals surface area contributed by atoms with Crippen molar-refractivity contribution in [3.05, 3.63) is 52.0 Å². The van der Waals surface area contributed by atoms with Gasteiger partial charge in [0, 0.05) is 15.6 Å². The molecule has 1 aromatic carbocycles. The van der Waals surface area contributed by atoms with E-state index in [-0.39, 0.29) is 0 Å². The van der Waals surface area contributed by atoms with Gasteiger partial charge < -0.3 is 0 Å². The van der Waals surface area contributed by atoms with Gasteiger partial charge in [0.05, 0.1) is 10.2 Å². The zero-order valence-corrected chi connectivity index (χ0v) is 14.6. The summed E-state index contributed by atoms with van der Waals surface area (Å²) in [6.07, 6.45) is 1.50. The first-order valence-corrected chi connectivity index (χ1v) is 8.58. The van der Waals surface area contributed by atoms with Crippen molar-refractivity contribution in [3.8, 4) is 11.1 Å². The quantitative estimate of drug-likeness (QED) is 0.395. The second-order valence-electron chi connectivity index (χ2n) is 4.94. The number of nitrogens with zero attached hydrogens (tertiary/aromatic N) is 3. The molecule has 3 nitrogen and oxygen atoms in total. The number of fused-ring (bicyclic) bond motifs is 3. The first-order chi connectivity index (χ1) is 10.6. The molecule has 0 aliphatic heterocycles. The minimum atomic E-state index is 0.479. The number of aromatic nitrogens is 3. The number of benzene rings is 1. The fourth-order valence-corrected chi connectivity index (χ4v) is 4.12. The zero-order valence-electron chi connectivity index (χ0n) is 11.5. The van der Waals surface area contributed by atoms with Crippen molar-refractivity contribution in [3.63, 3.8) is 0 Å². The minimum absolute atomic E-state index is 0.479. The van der Waals surface area contributed by atoms with E-state index in [9.17, 15) is 0 Å². The Kier molecular flexibility index (Phi) is 3.36. The summed E-state index contributed by atoms with van der Waals surface area (Å²) in [7, 11) is 0. The van der Waals surface area contributed by atoms with Gasteiger partial charge in [0.2, 0.25) is 0 Å². The lowest BCUT2D eigenvalue weighted by molar-refractivity contribution is 1.23. The number of rotatable bonds is 1. The predicted molar refractivity (Wildman–Crippen MR) is 95.6 cm³/mol. The topological polar surface area (TPSA) is 38.7 Å². The van der Waals surface area contributed by atoms with E-state index in [1.807, 2.05) is 19.1 Å². The van der Waals surface area contributed by atoms with Crippen molar-refractivity contribution >= 4 is 59.3 Å². The largest absolute Gasteiger partial charge is 0.242 e. The van der Waals surface area contributed by atoms with Gasteiger partial charge in [0.25, 0.3) is 0 Å². The van der Waals surface area contributed by atoms with Gasteiger partial charge in [0.1, 0.15) is 16.3 Å². The minimum Gasteiger partial charge on any atom is -0.242 e. The maximum atomic E-state index is 6.21. The van der Waals surface area contributed by atoms with Crippen LogP contribution in [0.2, 0.25) is 5.15 Å². The van der Waals surface area contributed by atoms with Gasteiger partial charge >= 0.3 is 0 Å². The molecule has 22 heavy (non-hydrogen) atoms. The van der Waals surface area contributed by atoms with Crippen LogP contribution in [0.5, 0.6) is 0 Å². The van der Waals surface area contributed by atoms with Crippen LogP contribution in [0.15, 0.2) is 41.1 Å². The second kappa shape index (κ2) is 5.26. The molecule has 0 unspecified atom stereocenters. The highest BCUT2D eigenvalue weighted by Gasteiger charge is 2.16. The Hall–Kier alpha value is -1.56. The molecule has 0 amide bonds. The lowest BCUT2D eigenvalue weighted by Gasteiger charge is -2.06. The normalized spacial score (nSPS) is 11.4. The van der Waals surface area contributed by atoms with Gasteiger partial charge in [-0.1, -0.05) is 39.7 Å². The molecular weight excluding hydrogens is 382 g/mol. The van der Waals surface area contributed by atoms with E-state index in [1.165, 1.54) is 17.7 Å². The number of pyridine rings is 1. The molecule has 0 saturated carbocycles. The van der Waals surface area contributed by atoms with E-state index in [0.29, 0.717) is 5.15 Å². The first-order valence-electron chi connectivity index (χ1n) is 6.60. The summed E-state index contributed by atoms with van der Waals surface area (Å²) >= 11 is 11.2. The molecule has 0 saturated heterocycles. The molecule has 108 valence electrons. The van der Waals surface area contributed by atoms with Gasteiger partial charge in [-0.05, 0) is 36.2 Å². The molecule has 3 aromatic heterocycles. The van der Waals surface area contributed by atoms with E-state index < -0.39 is 0 Å². The molecule has 3 heterocycles. The van der Waals surface area contributed by atoms with E-state index in [0.717, 1.165) is 41.7 Å². The van der Waals surface area contributed by atoms with Crippen LogP contribution >= 0.6 is 38.9 Å². The van der Waals surface area contributed by atoms with Gasteiger partial charge in [-0.2, -0.15) is 0 Å². The SMILES string of the molecule is Cc1cc(-c2ccc(Br)cc2)c2c(n1)sc1c(Cl)ncnc12. The van der Waals surface area contributed by atoms with Crippen LogP contribution in [0.1, 0.15) is 5.69 Å². The Morgan fingerprint density at radius 3 is 2.68 bits per heavy atom. The van der Waals surface area contributed by atoms with E-state index in [4.69, 9.17) is 11.6 Å². The number of halogens is 2. The van der Waals surface area contributed by atoms with Crippen molar-refractivity contribution in [1.82, 2.24) is 15.0 Å². The van der Waals surface area contributed by atoms with Crippen LogP contribution in [0.4, 0.5) is 0 Å². The van der Waals surface area contributed by atoms with E-state index >= 15 is 0 Å². The fourth-order valence-electron chi connectivity index (χ4n) is 2.52. The van der Waals surface area contributed by atoms with E-state index in [1.54, 1.807) is 0 Å². The summed E-state index contributed by atoms with van der Waals surface area (Å²) in [5.74, 6) is 0. The Morgan fingerprint density at radius 1 is 1.14 bits per heavy atom. The summed E-state index contributed by atoms with van der Waals surface area (Å²) in [5, 5.41) is 1.52. The van der Waals surface area contributed by atoms with E-state index in [2.05, 4.69) is 49.1 Å². The molecule has 0 fully saturated rings. The summed E-state index contributed by atoms with van der Waals surface area (Å²) in [4.78, 5) is 14.1. The van der Waals surface area contributed by atoms with Crippen LogP contribution in [-0.2, 0) is 0 Å². The maximum Gasteiger partial charge on any atom is 0.150 e. The van der Waals surface area contributed by atoms with Crippen LogP contribution in [0.3, 0.4) is 0 Å². The van der Waals surface area contributed by atoms with Crippen LogP contribution in [0, 0.1) is 6.92 Å². The Morgan fingerprint density at radius 2 is 1.91 bits per heavy atom. The number of hydrogen-bond acceptors (Lipinski definition) is 4. The molecule has 0 N–H and O–H groups in total. The average Bonchev–Trinajstić information content (AvgIpc) is 2.87. The van der Waals surface area contributed by atoms with Crippen LogP contribution < -0.4 is 0 Å². The van der Waals surface area contributed by atoms with Gasteiger partial charge in [-0.15, -0.1) is 11.3 Å². The third kappa shape index (κ3) is 2.20. The number of thiophene rings is 1. The van der Waals surface area contributed by atoms with Crippen molar-refractivity contribution in [1.29, 1.82) is 0 Å². The summed E-state index contributed by atoms with van der Waals surface area (Å²) < 4.78 is 1.94. The smallest absolute Gasteiger partial charge is 0.150 e. The number of hydrogen-bond donors (Lipinski definition) is 0. The summed E-state index contributed by atoms with van der Waals surface area (Å²) in [6.45, 7) is 2.00. The highest BCUT2D eigenvalue weighted by molar-refractivity contribution is 9.10. The van der Waals surface area contributed by atoms with Crippen molar-refractivity contribution < 1.29 is 0 Å². The van der Waals surface area contributed by atoms with Gasteiger partial charge in [-0.25, -0.2) is 15.0 Å². The molecule has 0 aliphatic carbocycles. The van der Waals surface area contributed by atoms with Crippen LogP contribution in [-0.4, -0.2) is 15.0 Å². The summed E-state index contributed by atoms with van der Waals surface area (Å²) in [5.41, 5.74) is 4.09. The average molecular weight is 391 g/mol. The standard InChI is InChI=1S/C16H9BrClN3S/c1-8-6-11(9-2-4-10(17)5-3-9)12-13-14(22-16(12)21-8)15(18)20-7-19-13/h2-7H,1H3.